The molecule has 2 rings (SSSR count). The Morgan fingerprint density at radius 2 is 1.66 bits per heavy atom. The van der Waals surface area contributed by atoms with Gasteiger partial charge in [-0.3, -0.25) is 4.79 Å². The third-order valence-corrected chi connectivity index (χ3v) is 5.26. The molecule has 0 unspecified atom stereocenters. The molecule has 1 aromatic carbocycles. The molecule has 0 fully saturated rings. The van der Waals surface area contributed by atoms with E-state index in [0.717, 1.165) is 10.9 Å². The summed E-state index contributed by atoms with van der Waals surface area (Å²) in [7, 11) is 0. The number of carbonyl (C=O) groups excluding carboxylic acids is 4. The minimum Gasteiger partial charge on any atom is -0.444 e. The van der Waals surface area contributed by atoms with Crippen LogP contribution in [0.4, 0.5) is 14.0 Å². The van der Waals surface area contributed by atoms with E-state index in [-0.39, 0.29) is 18.7 Å². The molecule has 0 spiro atoms. The molecular formula is C27H39FN4O6. The highest BCUT2D eigenvalue weighted by atomic mass is 19.1. The first kappa shape index (κ1) is 30.6. The number of fused-ring (bicyclic) bond motifs is 1. The molecule has 2 aromatic rings. The van der Waals surface area contributed by atoms with E-state index < -0.39 is 41.4 Å². The number of aromatic nitrogens is 1. The monoisotopic (exact) mass is 534 g/mol. The zero-order valence-corrected chi connectivity index (χ0v) is 22.9. The van der Waals surface area contributed by atoms with Crippen LogP contribution < -0.4 is 16.0 Å². The van der Waals surface area contributed by atoms with Gasteiger partial charge in [-0.25, -0.2) is 14.0 Å². The number of amides is 3. The van der Waals surface area contributed by atoms with Crippen molar-refractivity contribution in [3.05, 3.63) is 35.8 Å². The first-order valence-corrected chi connectivity index (χ1v) is 12.6. The smallest absolute Gasteiger partial charge is 0.408 e. The molecule has 0 saturated heterocycles. The van der Waals surface area contributed by atoms with Crippen LogP contribution in [0, 0.1) is 5.82 Å². The fourth-order valence-electron chi connectivity index (χ4n) is 3.68. The Balaban J connectivity index is 2.00. The SMILES string of the molecule is CC(C)(C)OC(=O)NCCCC[C@H](NC(=O)OC(C)(C)C)C(=O)N[C@H](C=O)Cc1c[nH]c2cc(F)ccc12. The maximum absolute atomic E-state index is 13.5. The first-order chi connectivity index (χ1) is 17.7. The van der Waals surface area contributed by atoms with Gasteiger partial charge in [-0.05, 0) is 84.6 Å². The number of alkyl carbamates (subject to hydrolysis) is 2. The topological polar surface area (TPSA) is 139 Å². The summed E-state index contributed by atoms with van der Waals surface area (Å²) in [5.41, 5.74) is -0.0479. The fraction of sp³-hybridized carbons (Fsp3) is 0.556. The second-order valence-corrected chi connectivity index (χ2v) is 11.1. The lowest BCUT2D eigenvalue weighted by atomic mass is 10.0. The Hall–Kier alpha value is -3.63. The molecule has 0 bridgehead atoms. The maximum atomic E-state index is 13.5. The lowest BCUT2D eigenvalue weighted by Gasteiger charge is -2.24. The standard InChI is InChI=1S/C27H39FN4O6/c1-26(2,3)37-24(35)29-12-8-7-9-21(32-25(36)38-27(4,5)6)23(34)31-19(16-33)13-17-15-30-22-14-18(28)10-11-20(17)22/h10-11,14-16,19,21,30H,7-9,12-13H2,1-6H3,(H,29,35)(H,31,34)(H,32,36)/t19-,21-/m0/s1. The normalized spacial score (nSPS) is 13.3. The number of hydrogen-bond donors (Lipinski definition) is 4. The Morgan fingerprint density at radius 3 is 2.29 bits per heavy atom. The van der Waals surface area contributed by atoms with E-state index in [9.17, 15) is 23.6 Å². The average Bonchev–Trinajstić information content (AvgIpc) is 3.16. The Bertz CT molecular complexity index is 1120. The number of benzene rings is 1. The number of unbranched alkanes of at least 4 members (excludes halogenated alkanes) is 1. The van der Waals surface area contributed by atoms with Gasteiger partial charge in [-0.1, -0.05) is 0 Å². The second-order valence-electron chi connectivity index (χ2n) is 11.1. The molecule has 0 radical (unpaired) electrons. The molecule has 2 atom stereocenters. The minimum atomic E-state index is -0.967. The third-order valence-electron chi connectivity index (χ3n) is 5.26. The predicted octanol–water partition coefficient (Wildman–Crippen LogP) is 4.12. The van der Waals surface area contributed by atoms with Gasteiger partial charge in [-0.15, -0.1) is 0 Å². The van der Waals surface area contributed by atoms with Crippen molar-refractivity contribution < 1.29 is 33.0 Å². The molecular weight excluding hydrogens is 495 g/mol. The molecule has 210 valence electrons. The van der Waals surface area contributed by atoms with Crippen molar-refractivity contribution in [1.82, 2.24) is 20.9 Å². The Kier molecular flexibility index (Phi) is 10.7. The van der Waals surface area contributed by atoms with Crippen molar-refractivity contribution in [3.8, 4) is 0 Å². The zero-order chi connectivity index (χ0) is 28.5. The van der Waals surface area contributed by atoms with E-state index in [1.165, 1.54) is 12.1 Å². The third kappa shape index (κ3) is 10.8. The Labute approximate surface area is 222 Å². The summed E-state index contributed by atoms with van der Waals surface area (Å²) in [5.74, 6) is -0.928. The van der Waals surface area contributed by atoms with Gasteiger partial charge in [0.15, 0.2) is 0 Å². The first-order valence-electron chi connectivity index (χ1n) is 12.6. The fourth-order valence-corrected chi connectivity index (χ4v) is 3.68. The largest absolute Gasteiger partial charge is 0.444 e. The molecule has 10 nitrogen and oxygen atoms in total. The van der Waals surface area contributed by atoms with Crippen LogP contribution in [0.3, 0.4) is 0 Å². The summed E-state index contributed by atoms with van der Waals surface area (Å²) in [6.45, 7) is 10.8. The molecule has 3 amide bonds. The van der Waals surface area contributed by atoms with Crippen LogP contribution in [-0.2, 0) is 25.5 Å². The maximum Gasteiger partial charge on any atom is 0.408 e. The van der Waals surface area contributed by atoms with Crippen LogP contribution in [0.1, 0.15) is 66.4 Å². The molecule has 0 saturated carbocycles. The van der Waals surface area contributed by atoms with Crippen LogP contribution in [-0.4, -0.2) is 59.2 Å². The van der Waals surface area contributed by atoms with E-state index in [2.05, 4.69) is 20.9 Å². The number of H-pyrrole nitrogens is 1. The number of rotatable bonds is 11. The van der Waals surface area contributed by atoms with E-state index in [1.54, 1.807) is 53.8 Å². The van der Waals surface area contributed by atoms with Crippen molar-refractivity contribution in [1.29, 1.82) is 0 Å². The Morgan fingerprint density at radius 1 is 1.00 bits per heavy atom. The molecule has 38 heavy (non-hydrogen) atoms. The van der Waals surface area contributed by atoms with Gasteiger partial charge >= 0.3 is 12.2 Å². The zero-order valence-electron chi connectivity index (χ0n) is 22.9. The number of halogens is 1. The summed E-state index contributed by atoms with van der Waals surface area (Å²) in [6, 6.07) is 2.45. The van der Waals surface area contributed by atoms with Gasteiger partial charge in [0.1, 0.15) is 29.3 Å². The van der Waals surface area contributed by atoms with Crippen molar-refractivity contribution >= 4 is 35.3 Å². The average molecular weight is 535 g/mol. The lowest BCUT2D eigenvalue weighted by molar-refractivity contribution is -0.126. The summed E-state index contributed by atoms with van der Waals surface area (Å²) in [6.07, 6.45) is 2.44. The molecule has 11 heteroatoms. The van der Waals surface area contributed by atoms with Crippen LogP contribution in [0.25, 0.3) is 10.9 Å². The van der Waals surface area contributed by atoms with Crippen molar-refractivity contribution in [2.24, 2.45) is 0 Å². The second kappa shape index (κ2) is 13.3. The quantitative estimate of drug-likeness (QED) is 0.253. The van der Waals surface area contributed by atoms with Crippen molar-refractivity contribution in [3.63, 3.8) is 0 Å². The van der Waals surface area contributed by atoms with Gasteiger partial charge in [0.25, 0.3) is 0 Å². The number of ether oxygens (including phenoxy) is 2. The van der Waals surface area contributed by atoms with Crippen molar-refractivity contribution in [2.45, 2.75) is 90.5 Å². The van der Waals surface area contributed by atoms with Gasteiger partial charge in [0.05, 0.1) is 6.04 Å². The highest BCUT2D eigenvalue weighted by Gasteiger charge is 2.26. The summed E-state index contributed by atoms with van der Waals surface area (Å²) in [5, 5.41) is 8.65. The molecule has 0 aliphatic heterocycles. The summed E-state index contributed by atoms with van der Waals surface area (Å²) in [4.78, 5) is 52.0. The molecule has 4 N–H and O–H groups in total. The molecule has 1 aromatic heterocycles. The highest BCUT2D eigenvalue weighted by Crippen LogP contribution is 2.20. The van der Waals surface area contributed by atoms with E-state index >= 15 is 0 Å². The molecule has 0 aliphatic rings. The number of hydrogen-bond acceptors (Lipinski definition) is 6. The molecule has 1 heterocycles. The number of nitrogens with one attached hydrogen (secondary N) is 4. The summed E-state index contributed by atoms with van der Waals surface area (Å²) < 4.78 is 24.0. The number of aldehydes is 1. The van der Waals surface area contributed by atoms with Gasteiger partial charge in [-0.2, -0.15) is 0 Å². The minimum absolute atomic E-state index is 0.180. The number of carbonyl (C=O) groups is 4. The van der Waals surface area contributed by atoms with Gasteiger partial charge in [0, 0.05) is 30.1 Å². The van der Waals surface area contributed by atoms with Crippen molar-refractivity contribution in [2.75, 3.05) is 6.54 Å². The highest BCUT2D eigenvalue weighted by molar-refractivity contribution is 5.88. The van der Waals surface area contributed by atoms with Gasteiger partial charge < -0.3 is 35.2 Å². The number of aromatic amines is 1. The van der Waals surface area contributed by atoms with E-state index in [1.807, 2.05) is 0 Å². The molecule has 0 aliphatic carbocycles. The van der Waals surface area contributed by atoms with Crippen LogP contribution in [0.2, 0.25) is 0 Å². The van der Waals surface area contributed by atoms with Crippen LogP contribution in [0.5, 0.6) is 0 Å². The lowest BCUT2D eigenvalue weighted by Crippen LogP contribution is -2.51. The van der Waals surface area contributed by atoms with E-state index in [0.29, 0.717) is 31.2 Å². The van der Waals surface area contributed by atoms with E-state index in [4.69, 9.17) is 9.47 Å². The van der Waals surface area contributed by atoms with Gasteiger partial charge in [0.2, 0.25) is 5.91 Å². The predicted molar refractivity (Wildman–Crippen MR) is 141 cm³/mol. The van der Waals surface area contributed by atoms with Crippen LogP contribution >= 0.6 is 0 Å². The van der Waals surface area contributed by atoms with Crippen LogP contribution in [0.15, 0.2) is 24.4 Å². The summed E-state index contributed by atoms with van der Waals surface area (Å²) >= 11 is 0.